The summed E-state index contributed by atoms with van der Waals surface area (Å²) in [4.78, 5) is 0. The Morgan fingerprint density at radius 1 is 1.43 bits per heavy atom. The summed E-state index contributed by atoms with van der Waals surface area (Å²) in [7, 11) is 0. The highest BCUT2D eigenvalue weighted by atomic mass is 16.6. The van der Waals surface area contributed by atoms with Crippen LogP contribution in [0.3, 0.4) is 0 Å². The van der Waals surface area contributed by atoms with Crippen LogP contribution in [0, 0.1) is 5.92 Å². The molecule has 2 unspecified atom stereocenters. The second kappa shape index (κ2) is 4.89. The minimum absolute atomic E-state index is 0.136. The van der Waals surface area contributed by atoms with Gasteiger partial charge in [-0.05, 0) is 24.5 Å². The van der Waals surface area contributed by atoms with Crippen LogP contribution in [0.2, 0.25) is 0 Å². The number of ether oxygens (including phenoxy) is 2. The smallest absolute Gasteiger partial charge is 0.161 e. The summed E-state index contributed by atoms with van der Waals surface area (Å²) >= 11 is 0. The fraction of sp³-hybridized carbons (Fsp3) is 0.500. The predicted molar refractivity (Wildman–Crippen MR) is 57.7 cm³/mol. The van der Waals surface area contributed by atoms with Crippen LogP contribution < -0.4 is 0 Å². The maximum atomic E-state index is 5.76. The molecular formula is C12H18O2. The molecule has 0 fully saturated rings. The third-order valence-corrected chi connectivity index (χ3v) is 2.57. The Balaban J connectivity index is 2.73. The first-order chi connectivity index (χ1) is 6.72. The van der Waals surface area contributed by atoms with Crippen LogP contribution >= 0.6 is 0 Å². The zero-order chi connectivity index (χ0) is 10.6. The van der Waals surface area contributed by atoms with Gasteiger partial charge in [-0.1, -0.05) is 27.0 Å². The average Bonchev–Trinajstić information content (AvgIpc) is 2.26. The third kappa shape index (κ3) is 2.19. The molecule has 0 saturated carbocycles. The summed E-state index contributed by atoms with van der Waals surface area (Å²) in [5.74, 6) is 1.90. The molecule has 0 radical (unpaired) electrons. The number of hydrogen-bond acceptors (Lipinski definition) is 2. The van der Waals surface area contributed by atoms with Gasteiger partial charge < -0.3 is 9.47 Å². The molecule has 0 aromatic heterocycles. The molecule has 0 saturated heterocycles. The predicted octanol–water partition coefficient (Wildman–Crippen LogP) is 3.03. The lowest BCUT2D eigenvalue weighted by Gasteiger charge is -2.30. The second-order valence-corrected chi connectivity index (χ2v) is 3.49. The highest BCUT2D eigenvalue weighted by Gasteiger charge is 2.24. The lowest BCUT2D eigenvalue weighted by molar-refractivity contribution is -0.0214. The van der Waals surface area contributed by atoms with Crippen molar-refractivity contribution in [1.82, 2.24) is 0 Å². The molecule has 2 atom stereocenters. The maximum absolute atomic E-state index is 5.76. The van der Waals surface area contributed by atoms with E-state index in [2.05, 4.69) is 27.0 Å². The van der Waals surface area contributed by atoms with E-state index in [1.54, 1.807) is 12.2 Å². The molecule has 0 aromatic rings. The molecule has 78 valence electrons. The van der Waals surface area contributed by atoms with Crippen molar-refractivity contribution in [2.75, 3.05) is 6.61 Å². The van der Waals surface area contributed by atoms with Crippen molar-refractivity contribution < 1.29 is 9.47 Å². The summed E-state index contributed by atoms with van der Waals surface area (Å²) in [6.07, 6.45) is 4.55. The summed E-state index contributed by atoms with van der Waals surface area (Å²) in [6.45, 7) is 12.3. The molecule has 0 bridgehead atoms. The molecule has 2 nitrogen and oxygen atoms in total. The molecule has 0 N–H and O–H groups in total. The van der Waals surface area contributed by atoms with Gasteiger partial charge in [0.25, 0.3) is 0 Å². The number of hydrogen-bond donors (Lipinski definition) is 0. The fourth-order valence-corrected chi connectivity index (χ4v) is 1.35. The minimum Gasteiger partial charge on any atom is -0.486 e. The van der Waals surface area contributed by atoms with Crippen molar-refractivity contribution in [3.05, 3.63) is 36.8 Å². The summed E-state index contributed by atoms with van der Waals surface area (Å²) in [6, 6.07) is 0. The zero-order valence-corrected chi connectivity index (χ0v) is 8.95. The first-order valence-corrected chi connectivity index (χ1v) is 5.01. The van der Waals surface area contributed by atoms with Gasteiger partial charge >= 0.3 is 0 Å². The van der Waals surface area contributed by atoms with Crippen molar-refractivity contribution in [1.29, 1.82) is 0 Å². The van der Waals surface area contributed by atoms with Gasteiger partial charge in [-0.15, -0.1) is 0 Å². The van der Waals surface area contributed by atoms with Crippen molar-refractivity contribution in [2.24, 2.45) is 5.92 Å². The first kappa shape index (κ1) is 10.9. The maximum Gasteiger partial charge on any atom is 0.161 e. The van der Waals surface area contributed by atoms with Crippen molar-refractivity contribution in [3.63, 3.8) is 0 Å². The van der Waals surface area contributed by atoms with Crippen LogP contribution in [0.25, 0.3) is 0 Å². The van der Waals surface area contributed by atoms with Gasteiger partial charge in [-0.3, -0.25) is 0 Å². The SMILES string of the molecule is C=CC1=C(C=C)OC(C(C)CC)CO1. The molecule has 0 spiro atoms. The third-order valence-electron chi connectivity index (χ3n) is 2.57. The molecule has 14 heavy (non-hydrogen) atoms. The van der Waals surface area contributed by atoms with E-state index in [0.29, 0.717) is 24.0 Å². The Hall–Kier alpha value is -1.18. The Morgan fingerprint density at radius 2 is 2.07 bits per heavy atom. The van der Waals surface area contributed by atoms with E-state index in [1.807, 2.05) is 0 Å². The Morgan fingerprint density at radius 3 is 2.57 bits per heavy atom. The van der Waals surface area contributed by atoms with Gasteiger partial charge in [-0.25, -0.2) is 0 Å². The minimum atomic E-state index is 0.136. The quantitative estimate of drug-likeness (QED) is 0.685. The average molecular weight is 194 g/mol. The van der Waals surface area contributed by atoms with Crippen LogP contribution in [0.4, 0.5) is 0 Å². The van der Waals surface area contributed by atoms with Gasteiger partial charge in [0.1, 0.15) is 12.7 Å². The topological polar surface area (TPSA) is 18.5 Å². The molecule has 0 aliphatic carbocycles. The largest absolute Gasteiger partial charge is 0.486 e. The van der Waals surface area contributed by atoms with E-state index in [4.69, 9.17) is 9.47 Å². The van der Waals surface area contributed by atoms with Gasteiger partial charge in [0.05, 0.1) is 0 Å². The van der Waals surface area contributed by atoms with E-state index in [9.17, 15) is 0 Å². The zero-order valence-electron chi connectivity index (χ0n) is 8.95. The van der Waals surface area contributed by atoms with E-state index in [1.165, 1.54) is 0 Å². The number of rotatable bonds is 4. The van der Waals surface area contributed by atoms with Crippen LogP contribution in [-0.2, 0) is 9.47 Å². The summed E-state index contributed by atoms with van der Waals surface area (Å²) < 4.78 is 11.3. The molecule has 0 aromatic carbocycles. The normalized spacial score (nSPS) is 23.4. The lowest BCUT2D eigenvalue weighted by Crippen LogP contribution is -2.30. The van der Waals surface area contributed by atoms with Gasteiger partial charge in [0, 0.05) is 0 Å². The lowest BCUT2D eigenvalue weighted by atomic mass is 10.0. The molecule has 1 rings (SSSR count). The molecular weight excluding hydrogens is 176 g/mol. The highest BCUT2D eigenvalue weighted by Crippen LogP contribution is 2.24. The van der Waals surface area contributed by atoms with Crippen molar-refractivity contribution in [3.8, 4) is 0 Å². The molecule has 0 amide bonds. The van der Waals surface area contributed by atoms with Crippen molar-refractivity contribution in [2.45, 2.75) is 26.4 Å². The first-order valence-electron chi connectivity index (χ1n) is 5.01. The van der Waals surface area contributed by atoms with Crippen LogP contribution in [-0.4, -0.2) is 12.7 Å². The second-order valence-electron chi connectivity index (χ2n) is 3.49. The Kier molecular flexibility index (Phi) is 3.81. The molecule has 1 aliphatic heterocycles. The standard InChI is InChI=1S/C12H18O2/c1-5-9(4)12-8-13-10(6-2)11(7-3)14-12/h6-7,9,12H,2-3,5,8H2,1,4H3. The number of allylic oxidation sites excluding steroid dienone is 2. The summed E-state index contributed by atoms with van der Waals surface area (Å²) in [5, 5.41) is 0. The van der Waals surface area contributed by atoms with Crippen LogP contribution in [0.5, 0.6) is 0 Å². The van der Waals surface area contributed by atoms with E-state index < -0.39 is 0 Å². The van der Waals surface area contributed by atoms with Gasteiger partial charge in [0.15, 0.2) is 11.5 Å². The van der Waals surface area contributed by atoms with Gasteiger partial charge in [-0.2, -0.15) is 0 Å². The Labute approximate surface area is 85.9 Å². The van der Waals surface area contributed by atoms with E-state index in [0.717, 1.165) is 6.42 Å². The summed E-state index contributed by atoms with van der Waals surface area (Å²) in [5.41, 5.74) is 0. The highest BCUT2D eigenvalue weighted by molar-refractivity contribution is 5.23. The Bertz CT molecular complexity index is 253. The van der Waals surface area contributed by atoms with Gasteiger partial charge in [0.2, 0.25) is 0 Å². The van der Waals surface area contributed by atoms with Crippen LogP contribution in [0.1, 0.15) is 20.3 Å². The monoisotopic (exact) mass is 194 g/mol. The van der Waals surface area contributed by atoms with Crippen LogP contribution in [0.15, 0.2) is 36.8 Å². The van der Waals surface area contributed by atoms with E-state index in [-0.39, 0.29) is 6.10 Å². The van der Waals surface area contributed by atoms with E-state index >= 15 is 0 Å². The molecule has 2 heteroatoms. The molecule has 1 aliphatic rings. The van der Waals surface area contributed by atoms with Crippen molar-refractivity contribution >= 4 is 0 Å². The molecule has 1 heterocycles. The fourth-order valence-electron chi connectivity index (χ4n) is 1.35.